The first-order valence-electron chi connectivity index (χ1n) is 5.40. The molecule has 1 saturated heterocycles. The van der Waals surface area contributed by atoms with Gasteiger partial charge in [-0.2, -0.15) is 0 Å². The molecule has 4 heteroatoms. The van der Waals surface area contributed by atoms with Crippen LogP contribution < -0.4 is 0 Å². The number of aliphatic hydroxyl groups excluding tert-OH is 1. The average molecular weight is 221 g/mol. The molecule has 2 rings (SSSR count). The van der Waals surface area contributed by atoms with Gasteiger partial charge in [0.05, 0.1) is 0 Å². The topological polar surface area (TPSA) is 60.8 Å². The SMILES string of the molecule is O=C(O)C(C(O)c1ccccc1)N1CCC1. The molecule has 2 atom stereocenters. The van der Waals surface area contributed by atoms with Crippen LogP contribution in [0, 0.1) is 0 Å². The Bertz CT molecular complexity index is 362. The maximum Gasteiger partial charge on any atom is 0.324 e. The van der Waals surface area contributed by atoms with Gasteiger partial charge in [0, 0.05) is 13.1 Å². The van der Waals surface area contributed by atoms with E-state index in [4.69, 9.17) is 5.11 Å². The lowest BCUT2D eigenvalue weighted by Crippen LogP contribution is -2.51. The molecular formula is C12H15NO3. The van der Waals surface area contributed by atoms with Gasteiger partial charge < -0.3 is 10.2 Å². The quantitative estimate of drug-likeness (QED) is 0.792. The molecule has 2 unspecified atom stereocenters. The maximum atomic E-state index is 11.1. The normalized spacial score (nSPS) is 19.8. The Morgan fingerprint density at radius 2 is 1.88 bits per heavy atom. The van der Waals surface area contributed by atoms with Gasteiger partial charge in [-0.15, -0.1) is 0 Å². The molecule has 86 valence electrons. The summed E-state index contributed by atoms with van der Waals surface area (Å²) in [6.07, 6.45) is 0.0460. The highest BCUT2D eigenvalue weighted by Gasteiger charge is 2.36. The van der Waals surface area contributed by atoms with E-state index in [2.05, 4.69) is 0 Å². The summed E-state index contributed by atoms with van der Waals surface area (Å²) in [6, 6.07) is 8.12. The summed E-state index contributed by atoms with van der Waals surface area (Å²) < 4.78 is 0. The predicted octanol–water partition coefficient (Wildman–Crippen LogP) is 0.879. The lowest BCUT2D eigenvalue weighted by atomic mass is 9.98. The molecule has 1 fully saturated rings. The highest BCUT2D eigenvalue weighted by atomic mass is 16.4. The zero-order valence-corrected chi connectivity index (χ0v) is 8.91. The summed E-state index contributed by atoms with van der Waals surface area (Å²) in [5, 5.41) is 19.2. The number of carboxylic acids is 1. The second kappa shape index (κ2) is 4.63. The maximum absolute atomic E-state index is 11.1. The number of carboxylic acid groups (broad SMARTS) is 1. The van der Waals surface area contributed by atoms with Crippen LogP contribution in [0.3, 0.4) is 0 Å². The van der Waals surface area contributed by atoms with Crippen molar-refractivity contribution in [2.75, 3.05) is 13.1 Å². The summed E-state index contributed by atoms with van der Waals surface area (Å²) in [4.78, 5) is 12.9. The van der Waals surface area contributed by atoms with Crippen LogP contribution in [0.4, 0.5) is 0 Å². The van der Waals surface area contributed by atoms with E-state index >= 15 is 0 Å². The number of aliphatic hydroxyl groups is 1. The third kappa shape index (κ3) is 2.08. The minimum atomic E-state index is -0.962. The summed E-state index contributed by atoms with van der Waals surface area (Å²) in [7, 11) is 0. The second-order valence-corrected chi connectivity index (χ2v) is 4.03. The van der Waals surface area contributed by atoms with Crippen LogP contribution in [0.1, 0.15) is 18.1 Å². The summed E-state index contributed by atoms with van der Waals surface area (Å²) in [6.45, 7) is 1.50. The van der Waals surface area contributed by atoms with Gasteiger partial charge in [0.1, 0.15) is 12.1 Å². The van der Waals surface area contributed by atoms with Crippen LogP contribution in [-0.4, -0.2) is 40.2 Å². The fraction of sp³-hybridized carbons (Fsp3) is 0.417. The molecular weight excluding hydrogens is 206 g/mol. The molecule has 1 aliphatic heterocycles. The molecule has 0 saturated carbocycles. The number of hydrogen-bond donors (Lipinski definition) is 2. The van der Waals surface area contributed by atoms with Gasteiger partial charge in [-0.3, -0.25) is 9.69 Å². The Morgan fingerprint density at radius 1 is 1.25 bits per heavy atom. The van der Waals surface area contributed by atoms with Crippen LogP contribution in [0.5, 0.6) is 0 Å². The molecule has 0 aromatic heterocycles. The minimum Gasteiger partial charge on any atom is -0.480 e. The van der Waals surface area contributed by atoms with Gasteiger partial charge in [0.25, 0.3) is 0 Å². The Labute approximate surface area is 94.1 Å². The van der Waals surface area contributed by atoms with Crippen molar-refractivity contribution in [3.63, 3.8) is 0 Å². The van der Waals surface area contributed by atoms with E-state index in [-0.39, 0.29) is 0 Å². The smallest absolute Gasteiger partial charge is 0.324 e. The predicted molar refractivity (Wildman–Crippen MR) is 59.0 cm³/mol. The number of likely N-dealkylation sites (tertiary alicyclic amines) is 1. The van der Waals surface area contributed by atoms with Crippen LogP contribution in [0.2, 0.25) is 0 Å². The largest absolute Gasteiger partial charge is 0.480 e. The summed E-state index contributed by atoms with van der Waals surface area (Å²) in [5.74, 6) is -0.962. The molecule has 2 N–H and O–H groups in total. The van der Waals surface area contributed by atoms with Gasteiger partial charge in [-0.1, -0.05) is 30.3 Å². The lowest BCUT2D eigenvalue weighted by molar-refractivity contribution is -0.150. The first kappa shape index (κ1) is 11.1. The Hall–Kier alpha value is -1.39. The zero-order chi connectivity index (χ0) is 11.5. The van der Waals surface area contributed by atoms with Gasteiger partial charge in [-0.05, 0) is 12.0 Å². The number of hydrogen-bond acceptors (Lipinski definition) is 3. The zero-order valence-electron chi connectivity index (χ0n) is 8.91. The third-order valence-electron chi connectivity index (χ3n) is 2.98. The van der Waals surface area contributed by atoms with Crippen molar-refractivity contribution in [2.45, 2.75) is 18.6 Å². The Kier molecular flexibility index (Phi) is 3.22. The first-order valence-corrected chi connectivity index (χ1v) is 5.40. The molecule has 1 heterocycles. The van der Waals surface area contributed by atoms with Crippen molar-refractivity contribution in [3.05, 3.63) is 35.9 Å². The highest BCUT2D eigenvalue weighted by molar-refractivity contribution is 5.74. The van der Waals surface area contributed by atoms with E-state index in [1.54, 1.807) is 29.2 Å². The molecule has 1 aliphatic rings. The molecule has 0 amide bonds. The molecule has 0 aliphatic carbocycles. The van der Waals surface area contributed by atoms with Crippen molar-refractivity contribution < 1.29 is 15.0 Å². The van der Waals surface area contributed by atoms with Crippen molar-refractivity contribution in [1.29, 1.82) is 0 Å². The van der Waals surface area contributed by atoms with Gasteiger partial charge in [0.2, 0.25) is 0 Å². The number of benzene rings is 1. The third-order valence-corrected chi connectivity index (χ3v) is 2.98. The Balaban J connectivity index is 2.16. The van der Waals surface area contributed by atoms with E-state index in [1.165, 1.54) is 0 Å². The van der Waals surface area contributed by atoms with Gasteiger partial charge in [0.15, 0.2) is 0 Å². The monoisotopic (exact) mass is 221 g/mol. The molecule has 16 heavy (non-hydrogen) atoms. The Morgan fingerprint density at radius 3 is 2.31 bits per heavy atom. The van der Waals surface area contributed by atoms with E-state index in [9.17, 15) is 9.90 Å². The standard InChI is InChI=1S/C12H15NO3/c14-11(9-5-2-1-3-6-9)10(12(15)16)13-7-4-8-13/h1-3,5-6,10-11,14H,4,7-8H2,(H,15,16). The fourth-order valence-electron chi connectivity index (χ4n) is 1.94. The van der Waals surface area contributed by atoms with E-state index in [0.717, 1.165) is 19.5 Å². The minimum absolute atomic E-state index is 0.654. The number of aliphatic carboxylic acids is 1. The van der Waals surface area contributed by atoms with Crippen LogP contribution in [-0.2, 0) is 4.79 Å². The first-order chi connectivity index (χ1) is 7.70. The van der Waals surface area contributed by atoms with Crippen LogP contribution >= 0.6 is 0 Å². The van der Waals surface area contributed by atoms with Gasteiger partial charge in [-0.25, -0.2) is 0 Å². The summed E-state index contributed by atoms with van der Waals surface area (Å²) >= 11 is 0. The van der Waals surface area contributed by atoms with Crippen molar-refractivity contribution in [1.82, 2.24) is 4.90 Å². The van der Waals surface area contributed by atoms with Crippen LogP contribution in [0.15, 0.2) is 30.3 Å². The molecule has 0 radical (unpaired) electrons. The van der Waals surface area contributed by atoms with Crippen LogP contribution in [0.25, 0.3) is 0 Å². The lowest BCUT2D eigenvalue weighted by Gasteiger charge is -2.38. The van der Waals surface area contributed by atoms with E-state index in [1.807, 2.05) is 6.07 Å². The fourth-order valence-corrected chi connectivity index (χ4v) is 1.94. The van der Waals surface area contributed by atoms with Crippen molar-refractivity contribution in [2.24, 2.45) is 0 Å². The van der Waals surface area contributed by atoms with Gasteiger partial charge >= 0.3 is 5.97 Å². The number of rotatable bonds is 4. The average Bonchev–Trinajstić information content (AvgIpc) is 2.23. The van der Waals surface area contributed by atoms with Crippen molar-refractivity contribution in [3.8, 4) is 0 Å². The molecule has 0 spiro atoms. The molecule has 4 nitrogen and oxygen atoms in total. The number of carbonyl (C=O) groups is 1. The summed E-state index contributed by atoms with van der Waals surface area (Å²) in [5.41, 5.74) is 0.654. The molecule has 0 bridgehead atoms. The molecule has 1 aromatic rings. The second-order valence-electron chi connectivity index (χ2n) is 4.03. The number of nitrogens with zero attached hydrogens (tertiary/aromatic N) is 1. The van der Waals surface area contributed by atoms with E-state index in [0.29, 0.717) is 5.56 Å². The van der Waals surface area contributed by atoms with Crippen molar-refractivity contribution >= 4 is 5.97 Å². The molecule has 1 aromatic carbocycles. The van der Waals surface area contributed by atoms with E-state index < -0.39 is 18.1 Å². The highest BCUT2D eigenvalue weighted by Crippen LogP contribution is 2.24.